The van der Waals surface area contributed by atoms with E-state index in [1.807, 2.05) is 0 Å². The van der Waals surface area contributed by atoms with E-state index in [2.05, 4.69) is 53.6 Å². The number of amides is 1. The molecule has 1 aliphatic carbocycles. The quantitative estimate of drug-likeness (QED) is 0.724. The Balaban J connectivity index is 0.00000150. The zero-order valence-corrected chi connectivity index (χ0v) is 19.4. The fourth-order valence-electron chi connectivity index (χ4n) is 5.55. The number of nitrogens with zero attached hydrogens (tertiary/aromatic N) is 1. The molecule has 4 rings (SSSR count). The number of hydrogen-bond donors (Lipinski definition) is 2. The third kappa shape index (κ3) is 5.88. The topological polar surface area (TPSA) is 44.4 Å². The first-order valence-corrected chi connectivity index (χ1v) is 10.8. The predicted octanol–water partition coefficient (Wildman–Crippen LogP) is 4.01. The molecule has 1 aromatic rings. The van der Waals surface area contributed by atoms with Gasteiger partial charge in [0.2, 0.25) is 5.91 Å². The van der Waals surface area contributed by atoms with Crippen LogP contribution in [0, 0.1) is 23.2 Å². The molecule has 29 heavy (non-hydrogen) atoms. The minimum atomic E-state index is 0. The lowest BCUT2D eigenvalue weighted by molar-refractivity contribution is -0.123. The van der Waals surface area contributed by atoms with Crippen LogP contribution in [0.4, 0.5) is 0 Å². The Morgan fingerprint density at radius 2 is 1.72 bits per heavy atom. The molecule has 3 atom stereocenters. The Hall–Kier alpha value is -0.810. The Morgan fingerprint density at radius 3 is 2.38 bits per heavy atom. The smallest absolute Gasteiger partial charge is 0.223 e. The van der Waals surface area contributed by atoms with Crippen LogP contribution in [0.1, 0.15) is 50.7 Å². The Labute approximate surface area is 188 Å². The summed E-state index contributed by atoms with van der Waals surface area (Å²) in [7, 11) is 0. The second-order valence-corrected chi connectivity index (χ2v) is 9.50. The van der Waals surface area contributed by atoms with Gasteiger partial charge < -0.3 is 10.6 Å². The zero-order valence-electron chi connectivity index (χ0n) is 17.8. The molecule has 2 N–H and O–H groups in total. The van der Waals surface area contributed by atoms with Gasteiger partial charge in [-0.2, -0.15) is 0 Å². The van der Waals surface area contributed by atoms with Gasteiger partial charge in [0.05, 0.1) is 0 Å². The summed E-state index contributed by atoms with van der Waals surface area (Å²) in [4.78, 5) is 15.3. The monoisotopic (exact) mass is 441 g/mol. The number of likely N-dealkylation sites (tertiary alicyclic amines) is 1. The molecule has 2 saturated heterocycles. The molecule has 1 amide bonds. The lowest BCUT2D eigenvalue weighted by Gasteiger charge is -2.35. The highest BCUT2D eigenvalue weighted by atomic mass is 35.5. The third-order valence-electron chi connectivity index (χ3n) is 7.02. The van der Waals surface area contributed by atoms with Crippen molar-refractivity contribution in [2.75, 3.05) is 26.2 Å². The Kier molecular flexibility index (Phi) is 8.84. The average molecular weight is 442 g/mol. The molecule has 2 aliphatic heterocycles. The fraction of sp³-hybridized carbons (Fsp3) is 0.696. The number of halogens is 2. The number of carbonyl (C=O) groups excluding carboxylic acids is 1. The van der Waals surface area contributed by atoms with E-state index in [1.54, 1.807) is 0 Å². The van der Waals surface area contributed by atoms with Crippen LogP contribution in [0.25, 0.3) is 0 Å². The summed E-state index contributed by atoms with van der Waals surface area (Å²) in [5.41, 5.74) is 2.96. The van der Waals surface area contributed by atoms with Gasteiger partial charge in [-0.05, 0) is 67.2 Å². The van der Waals surface area contributed by atoms with Crippen LogP contribution in [0.5, 0.6) is 0 Å². The minimum Gasteiger partial charge on any atom is -0.352 e. The van der Waals surface area contributed by atoms with Crippen LogP contribution < -0.4 is 10.6 Å². The van der Waals surface area contributed by atoms with Crippen molar-refractivity contribution in [1.29, 1.82) is 0 Å². The predicted molar refractivity (Wildman–Crippen MR) is 124 cm³/mol. The van der Waals surface area contributed by atoms with E-state index in [0.29, 0.717) is 12.0 Å². The first-order chi connectivity index (χ1) is 13.1. The van der Waals surface area contributed by atoms with Gasteiger partial charge in [0, 0.05) is 32.1 Å². The molecule has 4 nitrogen and oxygen atoms in total. The molecule has 1 spiro atoms. The van der Waals surface area contributed by atoms with Crippen LogP contribution in [0.2, 0.25) is 0 Å². The number of nitrogens with one attached hydrogen (secondary N) is 2. The number of hydrogen-bond acceptors (Lipinski definition) is 3. The lowest BCUT2D eigenvalue weighted by atomic mass is 9.91. The van der Waals surface area contributed by atoms with E-state index in [0.717, 1.165) is 50.7 Å². The maximum Gasteiger partial charge on any atom is 0.223 e. The first-order valence-electron chi connectivity index (χ1n) is 10.8. The highest BCUT2D eigenvalue weighted by Crippen LogP contribution is 2.58. The maximum absolute atomic E-state index is 12.7. The normalized spacial score (nSPS) is 28.1. The van der Waals surface area contributed by atoms with Crippen LogP contribution in [0.3, 0.4) is 0 Å². The van der Waals surface area contributed by atoms with Gasteiger partial charge in [-0.3, -0.25) is 9.69 Å². The summed E-state index contributed by atoms with van der Waals surface area (Å²) in [6.07, 6.45) is 4.75. The molecular weight excluding hydrogens is 405 g/mol. The number of benzene rings is 1. The van der Waals surface area contributed by atoms with E-state index in [1.165, 1.54) is 30.6 Å². The standard InChI is InChI=1S/C23H35N3O.2ClH/c1-17-11-18(2)15-26(14-17)16-20-6-4-3-5-19(20)13-25-22(27)21-12-23(21)7-9-24-10-8-23;;/h3-6,17-18,21,24H,7-16H2,1-2H3,(H,25,27);2*1H. The molecule has 1 aromatic carbocycles. The number of carbonyl (C=O) groups is 1. The van der Waals surface area contributed by atoms with Crippen LogP contribution in [-0.2, 0) is 17.9 Å². The third-order valence-corrected chi connectivity index (χ3v) is 7.02. The summed E-state index contributed by atoms with van der Waals surface area (Å²) in [6, 6.07) is 8.64. The van der Waals surface area contributed by atoms with Gasteiger partial charge in [0.15, 0.2) is 0 Å². The van der Waals surface area contributed by atoms with Crippen molar-refractivity contribution < 1.29 is 4.79 Å². The zero-order chi connectivity index (χ0) is 18.9. The van der Waals surface area contributed by atoms with Gasteiger partial charge in [-0.15, -0.1) is 24.8 Å². The molecule has 0 aromatic heterocycles. The van der Waals surface area contributed by atoms with E-state index >= 15 is 0 Å². The van der Waals surface area contributed by atoms with Crippen molar-refractivity contribution in [2.45, 2.75) is 52.6 Å². The number of piperidine rings is 2. The fourth-order valence-corrected chi connectivity index (χ4v) is 5.55. The summed E-state index contributed by atoms with van der Waals surface area (Å²) in [5.74, 6) is 2.07. The van der Waals surface area contributed by atoms with Gasteiger partial charge in [-0.25, -0.2) is 0 Å². The van der Waals surface area contributed by atoms with Crippen molar-refractivity contribution in [3.8, 4) is 0 Å². The molecule has 3 fully saturated rings. The van der Waals surface area contributed by atoms with Crippen LogP contribution in [0.15, 0.2) is 24.3 Å². The van der Waals surface area contributed by atoms with Crippen molar-refractivity contribution in [1.82, 2.24) is 15.5 Å². The molecular formula is C23H37Cl2N3O. The number of rotatable bonds is 5. The molecule has 164 valence electrons. The molecule has 2 heterocycles. The largest absolute Gasteiger partial charge is 0.352 e. The Bertz CT molecular complexity index is 668. The lowest BCUT2D eigenvalue weighted by Crippen LogP contribution is -2.38. The molecule has 1 saturated carbocycles. The maximum atomic E-state index is 12.7. The summed E-state index contributed by atoms with van der Waals surface area (Å²) in [6.45, 7) is 10.9. The Morgan fingerprint density at radius 1 is 1.10 bits per heavy atom. The molecule has 3 unspecified atom stereocenters. The minimum absolute atomic E-state index is 0. The van der Waals surface area contributed by atoms with Crippen molar-refractivity contribution in [2.24, 2.45) is 23.2 Å². The molecule has 0 radical (unpaired) electrons. The van der Waals surface area contributed by atoms with Gasteiger partial charge in [0.25, 0.3) is 0 Å². The first kappa shape index (κ1) is 24.5. The van der Waals surface area contributed by atoms with Crippen LogP contribution >= 0.6 is 24.8 Å². The van der Waals surface area contributed by atoms with Crippen molar-refractivity contribution in [3.63, 3.8) is 0 Å². The van der Waals surface area contributed by atoms with Gasteiger partial charge >= 0.3 is 0 Å². The highest BCUT2D eigenvalue weighted by Gasteiger charge is 2.57. The van der Waals surface area contributed by atoms with Gasteiger partial charge in [-0.1, -0.05) is 38.1 Å². The van der Waals surface area contributed by atoms with Crippen LogP contribution in [-0.4, -0.2) is 37.0 Å². The molecule has 0 bridgehead atoms. The molecule has 6 heteroatoms. The second-order valence-electron chi connectivity index (χ2n) is 9.50. The van der Waals surface area contributed by atoms with Gasteiger partial charge in [0.1, 0.15) is 0 Å². The summed E-state index contributed by atoms with van der Waals surface area (Å²) in [5, 5.41) is 6.66. The SMILES string of the molecule is CC1CC(C)CN(Cc2ccccc2CNC(=O)C2CC23CCNCC3)C1.Cl.Cl. The summed E-state index contributed by atoms with van der Waals surface area (Å²) < 4.78 is 0. The second kappa shape index (κ2) is 10.5. The van der Waals surface area contributed by atoms with E-state index < -0.39 is 0 Å². The van der Waals surface area contributed by atoms with E-state index in [-0.39, 0.29) is 36.6 Å². The van der Waals surface area contributed by atoms with Crippen molar-refractivity contribution in [3.05, 3.63) is 35.4 Å². The van der Waals surface area contributed by atoms with E-state index in [4.69, 9.17) is 0 Å². The molecule has 3 aliphatic rings. The highest BCUT2D eigenvalue weighted by molar-refractivity contribution is 5.85. The van der Waals surface area contributed by atoms with Crippen molar-refractivity contribution >= 4 is 30.7 Å². The average Bonchev–Trinajstić information content (AvgIpc) is 3.33. The van der Waals surface area contributed by atoms with E-state index in [9.17, 15) is 4.79 Å². The summed E-state index contributed by atoms with van der Waals surface area (Å²) >= 11 is 0.